The summed E-state index contributed by atoms with van der Waals surface area (Å²) < 4.78 is 13.2. The molecule has 0 spiro atoms. The normalized spacial score (nSPS) is 11.3. The van der Waals surface area contributed by atoms with Crippen LogP contribution in [0.3, 0.4) is 0 Å². The molecule has 0 fully saturated rings. The van der Waals surface area contributed by atoms with Crippen molar-refractivity contribution in [3.05, 3.63) is 33.8 Å². The van der Waals surface area contributed by atoms with Crippen LogP contribution in [0.1, 0.15) is 26.3 Å². The average Bonchev–Trinajstić information content (AvgIpc) is 2.86. The van der Waals surface area contributed by atoms with E-state index in [0.29, 0.717) is 27.9 Å². The van der Waals surface area contributed by atoms with Crippen LogP contribution in [0, 0.1) is 4.77 Å². The molecule has 0 aliphatic heterocycles. The van der Waals surface area contributed by atoms with Crippen molar-refractivity contribution in [2.45, 2.75) is 26.9 Å². The second kappa shape index (κ2) is 7.42. The lowest BCUT2D eigenvalue weighted by Gasteiger charge is -2.16. The molecule has 1 aromatic carbocycles. The van der Waals surface area contributed by atoms with E-state index >= 15 is 0 Å². The smallest absolute Gasteiger partial charge is 0.216 e. The first-order valence-corrected chi connectivity index (χ1v) is 7.59. The molecule has 22 heavy (non-hydrogen) atoms. The molecule has 1 N–H and O–H groups in total. The van der Waals surface area contributed by atoms with Gasteiger partial charge < -0.3 is 9.47 Å². The Kier molecular flexibility index (Phi) is 5.57. The Morgan fingerprint density at radius 2 is 2.27 bits per heavy atom. The van der Waals surface area contributed by atoms with Crippen LogP contribution in [0.15, 0.2) is 23.6 Å². The Hall–Kier alpha value is -1.86. The molecule has 0 amide bonds. The van der Waals surface area contributed by atoms with Crippen LogP contribution in [0.2, 0.25) is 5.02 Å². The first kappa shape index (κ1) is 16.5. The largest absolute Gasteiger partial charge is 0.490 e. The Balaban J connectivity index is 2.35. The Labute approximate surface area is 138 Å². The maximum absolute atomic E-state index is 6.29. The van der Waals surface area contributed by atoms with Crippen LogP contribution in [0.4, 0.5) is 0 Å². The number of aromatic amines is 1. The summed E-state index contributed by atoms with van der Waals surface area (Å²) in [6, 6.07) is 3.58. The summed E-state index contributed by atoms with van der Waals surface area (Å²) in [6.07, 6.45) is 3.11. The Bertz CT molecular complexity index is 724. The van der Waals surface area contributed by atoms with E-state index in [9.17, 15) is 0 Å². The molecule has 8 heteroatoms. The summed E-state index contributed by atoms with van der Waals surface area (Å²) in [5.74, 6) is 1.12. The summed E-state index contributed by atoms with van der Waals surface area (Å²) in [4.78, 5) is 0. The van der Waals surface area contributed by atoms with Crippen LogP contribution in [-0.4, -0.2) is 33.8 Å². The fourth-order valence-corrected chi connectivity index (χ4v) is 2.14. The number of hydrogen-bond acceptors (Lipinski definition) is 5. The van der Waals surface area contributed by atoms with Gasteiger partial charge in [0.15, 0.2) is 11.5 Å². The van der Waals surface area contributed by atoms with Crippen molar-refractivity contribution in [3.63, 3.8) is 0 Å². The van der Waals surface area contributed by atoms with Gasteiger partial charge in [0.05, 0.1) is 23.9 Å². The number of nitrogens with zero attached hydrogens (tertiary/aromatic N) is 3. The van der Waals surface area contributed by atoms with Crippen molar-refractivity contribution in [3.8, 4) is 11.5 Å². The number of H-pyrrole nitrogens is 1. The minimum atomic E-state index is 0.000447. The molecule has 2 aromatic rings. The van der Waals surface area contributed by atoms with E-state index in [4.69, 9.17) is 33.3 Å². The van der Waals surface area contributed by atoms with E-state index in [-0.39, 0.29) is 6.10 Å². The molecule has 0 radical (unpaired) electrons. The summed E-state index contributed by atoms with van der Waals surface area (Å²) >= 11 is 11.3. The van der Waals surface area contributed by atoms with Crippen LogP contribution in [0.5, 0.6) is 11.5 Å². The molecule has 0 saturated carbocycles. The molecule has 2 rings (SSSR count). The molecule has 1 heterocycles. The van der Waals surface area contributed by atoms with Crippen molar-refractivity contribution in [2.24, 2.45) is 5.10 Å². The van der Waals surface area contributed by atoms with Crippen molar-refractivity contribution < 1.29 is 9.47 Å². The fourth-order valence-electron chi connectivity index (χ4n) is 1.73. The van der Waals surface area contributed by atoms with Crippen molar-refractivity contribution in [2.75, 3.05) is 6.61 Å². The third-order valence-corrected chi connectivity index (χ3v) is 3.11. The number of benzene rings is 1. The second-order valence-electron chi connectivity index (χ2n) is 4.68. The highest BCUT2D eigenvalue weighted by Gasteiger charge is 2.13. The van der Waals surface area contributed by atoms with E-state index in [2.05, 4.69) is 15.3 Å². The standard InChI is InChI=1S/C14H17ClN4O2S/c1-4-20-12-6-10(5-11(15)13(12)21-9(2)3)7-17-19-8-16-18-14(19)22/h5-9H,4H2,1-3H3,(H,18,22)/b17-7-. The summed E-state index contributed by atoms with van der Waals surface area (Å²) in [7, 11) is 0. The van der Waals surface area contributed by atoms with Crippen LogP contribution < -0.4 is 9.47 Å². The molecule has 0 aliphatic carbocycles. The zero-order valence-electron chi connectivity index (χ0n) is 12.5. The zero-order valence-corrected chi connectivity index (χ0v) is 14.1. The van der Waals surface area contributed by atoms with Gasteiger partial charge >= 0.3 is 0 Å². The zero-order chi connectivity index (χ0) is 16.1. The second-order valence-corrected chi connectivity index (χ2v) is 5.47. The third-order valence-electron chi connectivity index (χ3n) is 2.55. The van der Waals surface area contributed by atoms with E-state index in [1.165, 1.54) is 11.0 Å². The van der Waals surface area contributed by atoms with Crippen molar-refractivity contribution in [1.29, 1.82) is 0 Å². The third kappa shape index (κ3) is 4.08. The fraction of sp³-hybridized carbons (Fsp3) is 0.357. The predicted octanol–water partition coefficient (Wildman–Crippen LogP) is 3.66. The van der Waals surface area contributed by atoms with Crippen molar-refractivity contribution in [1.82, 2.24) is 14.9 Å². The number of halogens is 1. The molecule has 0 aliphatic rings. The van der Waals surface area contributed by atoms with Gasteiger partial charge in [-0.25, -0.2) is 0 Å². The number of nitrogens with one attached hydrogen (secondary N) is 1. The monoisotopic (exact) mass is 340 g/mol. The van der Waals surface area contributed by atoms with Crippen LogP contribution >= 0.6 is 23.8 Å². The first-order valence-electron chi connectivity index (χ1n) is 6.80. The van der Waals surface area contributed by atoms with E-state index < -0.39 is 0 Å². The molecule has 118 valence electrons. The van der Waals surface area contributed by atoms with Gasteiger partial charge in [-0.15, -0.1) is 0 Å². The topological polar surface area (TPSA) is 64.4 Å². The summed E-state index contributed by atoms with van der Waals surface area (Å²) in [5.41, 5.74) is 0.771. The lowest BCUT2D eigenvalue weighted by molar-refractivity contribution is 0.224. The van der Waals surface area contributed by atoms with Gasteiger partial charge in [-0.1, -0.05) is 11.6 Å². The van der Waals surface area contributed by atoms with Gasteiger partial charge in [-0.2, -0.15) is 14.9 Å². The van der Waals surface area contributed by atoms with E-state index in [1.807, 2.05) is 26.8 Å². The number of rotatable bonds is 6. The molecule has 0 unspecified atom stereocenters. The molecule has 0 saturated heterocycles. The summed E-state index contributed by atoms with van der Waals surface area (Å²) in [6.45, 7) is 6.28. The van der Waals surface area contributed by atoms with Crippen molar-refractivity contribution >= 4 is 30.0 Å². The highest BCUT2D eigenvalue weighted by Crippen LogP contribution is 2.37. The minimum Gasteiger partial charge on any atom is -0.490 e. The first-order chi connectivity index (χ1) is 10.5. The van der Waals surface area contributed by atoms with Gasteiger partial charge in [0.1, 0.15) is 6.33 Å². The number of aromatic nitrogens is 3. The molecule has 1 aromatic heterocycles. The van der Waals surface area contributed by atoms with Crippen LogP contribution in [0.25, 0.3) is 0 Å². The maximum atomic E-state index is 6.29. The van der Waals surface area contributed by atoms with Gasteiger partial charge in [0, 0.05) is 0 Å². The Morgan fingerprint density at radius 1 is 1.50 bits per heavy atom. The lowest BCUT2D eigenvalue weighted by Crippen LogP contribution is -2.08. The van der Waals surface area contributed by atoms with Gasteiger partial charge in [-0.3, -0.25) is 5.10 Å². The predicted molar refractivity (Wildman–Crippen MR) is 88.8 cm³/mol. The maximum Gasteiger partial charge on any atom is 0.216 e. The quantitative estimate of drug-likeness (QED) is 0.643. The molecule has 6 nitrogen and oxygen atoms in total. The van der Waals surface area contributed by atoms with Gasteiger partial charge in [0.25, 0.3) is 0 Å². The minimum absolute atomic E-state index is 0.000447. The molecular formula is C14H17ClN4O2S. The lowest BCUT2D eigenvalue weighted by atomic mass is 10.2. The SMILES string of the molecule is CCOc1cc(/C=N\n2cn[nH]c2=S)cc(Cl)c1OC(C)C. The highest BCUT2D eigenvalue weighted by molar-refractivity contribution is 7.71. The molecule has 0 atom stereocenters. The number of ether oxygens (including phenoxy) is 2. The highest BCUT2D eigenvalue weighted by atomic mass is 35.5. The molecular weight excluding hydrogens is 324 g/mol. The van der Waals surface area contributed by atoms with E-state index in [0.717, 1.165) is 5.56 Å². The van der Waals surface area contributed by atoms with Gasteiger partial charge in [0.2, 0.25) is 4.77 Å². The van der Waals surface area contributed by atoms with Crippen LogP contribution in [-0.2, 0) is 0 Å². The number of hydrogen-bond donors (Lipinski definition) is 1. The molecule has 0 bridgehead atoms. The average molecular weight is 341 g/mol. The summed E-state index contributed by atoms with van der Waals surface area (Å²) in [5, 5.41) is 11.1. The van der Waals surface area contributed by atoms with E-state index in [1.54, 1.807) is 12.3 Å². The Morgan fingerprint density at radius 3 is 2.86 bits per heavy atom. The van der Waals surface area contributed by atoms with Gasteiger partial charge in [-0.05, 0) is 50.7 Å².